The lowest BCUT2D eigenvalue weighted by molar-refractivity contribution is -0.143. The zero-order valence-corrected chi connectivity index (χ0v) is 11.2. The number of esters is 1. The molecule has 1 aromatic carbocycles. The molecule has 19 heavy (non-hydrogen) atoms. The first kappa shape index (κ1) is 13.9. The minimum absolute atomic E-state index is 0.0641. The van der Waals surface area contributed by atoms with E-state index in [1.807, 2.05) is 0 Å². The van der Waals surface area contributed by atoms with Crippen LogP contribution in [0.5, 0.6) is 0 Å². The number of halogens is 4. The van der Waals surface area contributed by atoms with Gasteiger partial charge < -0.3 is 4.74 Å². The number of carbonyl (C=O) groups excluding carboxylic acids is 1. The van der Waals surface area contributed by atoms with E-state index in [1.54, 1.807) is 6.07 Å². The van der Waals surface area contributed by atoms with Gasteiger partial charge in [-0.25, -0.2) is 0 Å². The minimum Gasteiger partial charge on any atom is -0.468 e. The number of carbonyl (C=O) groups is 1. The number of alkyl halides is 3. The Labute approximate surface area is 114 Å². The van der Waals surface area contributed by atoms with Crippen LogP contribution < -0.4 is 0 Å². The maximum Gasteiger partial charge on any atom is 0.435 e. The smallest absolute Gasteiger partial charge is 0.435 e. The van der Waals surface area contributed by atoms with Crippen molar-refractivity contribution in [2.24, 2.45) is 0 Å². The van der Waals surface area contributed by atoms with Crippen molar-refractivity contribution in [3.05, 3.63) is 28.4 Å². The Bertz CT molecular complexity index is 637. The van der Waals surface area contributed by atoms with Crippen LogP contribution in [0.15, 0.2) is 22.7 Å². The quantitative estimate of drug-likeness (QED) is 0.792. The van der Waals surface area contributed by atoms with Gasteiger partial charge in [0, 0.05) is 9.86 Å². The Hall–Kier alpha value is -1.57. The van der Waals surface area contributed by atoms with Gasteiger partial charge >= 0.3 is 12.1 Å². The minimum atomic E-state index is -4.58. The van der Waals surface area contributed by atoms with Gasteiger partial charge in [0.2, 0.25) is 0 Å². The van der Waals surface area contributed by atoms with Gasteiger partial charge in [0.25, 0.3) is 0 Å². The predicted octanol–water partition coefficient (Wildman–Crippen LogP) is 2.99. The number of fused-ring (bicyclic) bond motifs is 1. The lowest BCUT2D eigenvalue weighted by Crippen LogP contribution is -2.14. The lowest BCUT2D eigenvalue weighted by atomic mass is 10.2. The van der Waals surface area contributed by atoms with Crippen molar-refractivity contribution in [2.45, 2.75) is 12.7 Å². The van der Waals surface area contributed by atoms with Gasteiger partial charge in [-0.1, -0.05) is 15.9 Å². The van der Waals surface area contributed by atoms with E-state index >= 15 is 0 Å². The highest BCUT2D eigenvalue weighted by Crippen LogP contribution is 2.35. The molecule has 2 rings (SSSR count). The second-order valence-corrected chi connectivity index (χ2v) is 4.66. The first-order valence-corrected chi connectivity index (χ1v) is 5.92. The zero-order chi connectivity index (χ0) is 14.2. The zero-order valence-electron chi connectivity index (χ0n) is 9.66. The molecule has 0 saturated carbocycles. The van der Waals surface area contributed by atoms with Crippen molar-refractivity contribution in [3.8, 4) is 0 Å². The molecule has 8 heteroatoms. The second-order valence-electron chi connectivity index (χ2n) is 3.74. The van der Waals surface area contributed by atoms with Crippen molar-refractivity contribution >= 4 is 32.8 Å². The summed E-state index contributed by atoms with van der Waals surface area (Å²) in [5.74, 6) is -0.666. The van der Waals surface area contributed by atoms with Gasteiger partial charge in [-0.3, -0.25) is 9.48 Å². The summed E-state index contributed by atoms with van der Waals surface area (Å²) < 4.78 is 44.5. The van der Waals surface area contributed by atoms with Crippen LogP contribution in [0, 0.1) is 0 Å². The molecule has 0 amide bonds. The number of hydrogen-bond acceptors (Lipinski definition) is 3. The molecule has 102 valence electrons. The van der Waals surface area contributed by atoms with Gasteiger partial charge in [-0.2, -0.15) is 18.3 Å². The number of rotatable bonds is 2. The van der Waals surface area contributed by atoms with E-state index < -0.39 is 17.8 Å². The molecule has 1 aromatic heterocycles. The van der Waals surface area contributed by atoms with E-state index in [2.05, 4.69) is 25.8 Å². The first-order valence-electron chi connectivity index (χ1n) is 5.13. The lowest BCUT2D eigenvalue weighted by Gasteiger charge is -2.02. The molecule has 4 nitrogen and oxygen atoms in total. The number of nitrogens with zero attached hydrogens (tertiary/aromatic N) is 2. The first-order chi connectivity index (χ1) is 8.82. The molecule has 0 aliphatic heterocycles. The SMILES string of the molecule is COC(=O)Cn1nc(C(F)(F)F)c2cc(Br)ccc21. The molecule has 0 spiro atoms. The Balaban J connectivity index is 2.63. The Kier molecular flexibility index (Phi) is 3.53. The summed E-state index contributed by atoms with van der Waals surface area (Å²) in [4.78, 5) is 11.2. The maximum absolute atomic E-state index is 12.9. The highest BCUT2D eigenvalue weighted by molar-refractivity contribution is 9.10. The fourth-order valence-electron chi connectivity index (χ4n) is 1.67. The molecule has 0 fully saturated rings. The summed E-state index contributed by atoms with van der Waals surface area (Å²) in [6.07, 6.45) is -4.58. The number of methoxy groups -OCH3 is 1. The molecular weight excluding hydrogens is 329 g/mol. The third kappa shape index (κ3) is 2.73. The molecule has 0 aliphatic rings. The topological polar surface area (TPSA) is 44.1 Å². The summed E-state index contributed by atoms with van der Waals surface area (Å²) in [6.45, 7) is -0.370. The molecule has 0 bridgehead atoms. The third-order valence-electron chi connectivity index (χ3n) is 2.49. The van der Waals surface area contributed by atoms with Crippen molar-refractivity contribution in [3.63, 3.8) is 0 Å². The van der Waals surface area contributed by atoms with Crippen molar-refractivity contribution < 1.29 is 22.7 Å². The number of ether oxygens (including phenoxy) is 1. The van der Waals surface area contributed by atoms with Crippen LogP contribution in [0.4, 0.5) is 13.2 Å². The van der Waals surface area contributed by atoms with Gasteiger partial charge in [-0.05, 0) is 18.2 Å². The monoisotopic (exact) mass is 336 g/mol. The average molecular weight is 337 g/mol. The molecule has 2 aromatic rings. The Morgan fingerprint density at radius 2 is 2.16 bits per heavy atom. The van der Waals surface area contributed by atoms with Gasteiger partial charge in [0.05, 0.1) is 12.6 Å². The molecule has 0 aliphatic carbocycles. The van der Waals surface area contributed by atoms with Gasteiger partial charge in [0.1, 0.15) is 6.54 Å². The van der Waals surface area contributed by atoms with Crippen molar-refractivity contribution in [1.82, 2.24) is 9.78 Å². The Morgan fingerprint density at radius 1 is 1.47 bits per heavy atom. The number of hydrogen-bond donors (Lipinski definition) is 0. The van der Waals surface area contributed by atoms with E-state index in [1.165, 1.54) is 12.1 Å². The molecule has 0 N–H and O–H groups in total. The van der Waals surface area contributed by atoms with Crippen LogP contribution >= 0.6 is 15.9 Å². The summed E-state index contributed by atoms with van der Waals surface area (Å²) in [6, 6.07) is 4.36. The van der Waals surface area contributed by atoms with E-state index in [4.69, 9.17) is 0 Å². The van der Waals surface area contributed by atoms with Crippen LogP contribution in [-0.2, 0) is 22.3 Å². The van der Waals surface area contributed by atoms with E-state index in [-0.39, 0.29) is 17.4 Å². The maximum atomic E-state index is 12.9. The van der Waals surface area contributed by atoms with Crippen LogP contribution in [0.1, 0.15) is 5.69 Å². The van der Waals surface area contributed by atoms with Gasteiger partial charge in [0.15, 0.2) is 5.69 Å². The van der Waals surface area contributed by atoms with E-state index in [9.17, 15) is 18.0 Å². The Morgan fingerprint density at radius 3 is 2.74 bits per heavy atom. The van der Waals surface area contributed by atoms with Crippen molar-refractivity contribution in [2.75, 3.05) is 7.11 Å². The third-order valence-corrected chi connectivity index (χ3v) is 2.98. The van der Waals surface area contributed by atoms with Crippen LogP contribution in [0.25, 0.3) is 10.9 Å². The average Bonchev–Trinajstić information content (AvgIpc) is 2.67. The number of aromatic nitrogens is 2. The van der Waals surface area contributed by atoms with Crippen LogP contribution in [0.3, 0.4) is 0 Å². The van der Waals surface area contributed by atoms with Crippen LogP contribution in [-0.4, -0.2) is 22.9 Å². The van der Waals surface area contributed by atoms with E-state index in [0.29, 0.717) is 4.47 Å². The molecular formula is C11H8BrF3N2O2. The standard InChI is InChI=1S/C11H8BrF3N2O2/c1-19-9(18)5-17-8-3-2-6(12)4-7(8)10(16-17)11(13,14)15/h2-4H,5H2,1H3. The summed E-state index contributed by atoms with van der Waals surface area (Å²) in [5, 5.41) is 3.40. The highest BCUT2D eigenvalue weighted by Gasteiger charge is 2.37. The summed E-state index contributed by atoms with van der Waals surface area (Å²) >= 11 is 3.11. The largest absolute Gasteiger partial charge is 0.468 e. The molecule has 1 heterocycles. The molecule has 0 unspecified atom stereocenters. The summed E-state index contributed by atoms with van der Waals surface area (Å²) in [7, 11) is 1.16. The number of benzene rings is 1. The fraction of sp³-hybridized carbons (Fsp3) is 0.273. The summed E-state index contributed by atoms with van der Waals surface area (Å²) in [5.41, 5.74) is -0.798. The van der Waals surface area contributed by atoms with Crippen molar-refractivity contribution in [1.29, 1.82) is 0 Å². The second kappa shape index (κ2) is 4.84. The molecule has 0 radical (unpaired) electrons. The van der Waals surface area contributed by atoms with Gasteiger partial charge in [-0.15, -0.1) is 0 Å². The normalized spacial score (nSPS) is 11.8. The predicted molar refractivity (Wildman–Crippen MR) is 64.5 cm³/mol. The fourth-order valence-corrected chi connectivity index (χ4v) is 2.03. The van der Waals surface area contributed by atoms with E-state index in [0.717, 1.165) is 11.8 Å². The van der Waals surface area contributed by atoms with Crippen LogP contribution in [0.2, 0.25) is 0 Å². The highest BCUT2D eigenvalue weighted by atomic mass is 79.9. The molecule has 0 saturated heterocycles. The molecule has 0 atom stereocenters.